The van der Waals surface area contributed by atoms with Gasteiger partial charge in [-0.25, -0.2) is 0 Å². The molecule has 2 aliphatic rings. The summed E-state index contributed by atoms with van der Waals surface area (Å²) in [6.07, 6.45) is 3.27. The molecule has 164 valence electrons. The Morgan fingerprint density at radius 1 is 0.844 bits per heavy atom. The number of benzene rings is 2. The normalized spacial score (nSPS) is 17.3. The lowest BCUT2D eigenvalue weighted by atomic mass is 10.0. The summed E-state index contributed by atoms with van der Waals surface area (Å²) < 4.78 is 0. The van der Waals surface area contributed by atoms with Gasteiger partial charge in [0.05, 0.1) is 11.7 Å². The van der Waals surface area contributed by atoms with Crippen molar-refractivity contribution in [3.05, 3.63) is 60.3 Å². The van der Waals surface area contributed by atoms with Crippen LogP contribution in [-0.2, 0) is 11.8 Å². The number of hydrogen-bond donors (Lipinski definition) is 1. The number of amides is 2. The minimum Gasteiger partial charge on any atom is -0.338 e. The number of piperazine rings is 1. The molecule has 1 saturated carbocycles. The third kappa shape index (κ3) is 3.89. The van der Waals surface area contributed by atoms with Crippen molar-refractivity contribution in [3.8, 4) is 22.4 Å². The van der Waals surface area contributed by atoms with Crippen molar-refractivity contribution in [1.29, 1.82) is 0 Å². The van der Waals surface area contributed by atoms with E-state index in [1.807, 2.05) is 53.4 Å². The van der Waals surface area contributed by atoms with E-state index in [0.29, 0.717) is 31.7 Å². The second-order valence-corrected chi connectivity index (χ2v) is 8.61. The number of nitrogens with zero attached hydrogens (tertiary/aromatic N) is 5. The van der Waals surface area contributed by atoms with Gasteiger partial charge in [0, 0.05) is 44.4 Å². The van der Waals surface area contributed by atoms with Crippen LogP contribution < -0.4 is 5.73 Å². The zero-order chi connectivity index (χ0) is 22.3. The van der Waals surface area contributed by atoms with E-state index >= 15 is 0 Å². The van der Waals surface area contributed by atoms with Crippen molar-refractivity contribution in [2.45, 2.75) is 18.4 Å². The lowest BCUT2D eigenvalue weighted by Gasteiger charge is -2.36. The lowest BCUT2D eigenvalue weighted by molar-refractivity contribution is -0.135. The summed E-state index contributed by atoms with van der Waals surface area (Å²) in [6.45, 7) is 2.15. The van der Waals surface area contributed by atoms with Crippen molar-refractivity contribution in [1.82, 2.24) is 24.8 Å². The fraction of sp³-hybridized carbons (Fsp3) is 0.333. The largest absolute Gasteiger partial charge is 0.338 e. The van der Waals surface area contributed by atoms with Gasteiger partial charge in [0.1, 0.15) is 5.69 Å². The van der Waals surface area contributed by atoms with Crippen LogP contribution in [0.25, 0.3) is 22.4 Å². The Morgan fingerprint density at radius 2 is 1.38 bits per heavy atom. The van der Waals surface area contributed by atoms with Crippen molar-refractivity contribution in [2.24, 2.45) is 12.8 Å². The van der Waals surface area contributed by atoms with Gasteiger partial charge in [0.15, 0.2) is 0 Å². The van der Waals surface area contributed by atoms with Gasteiger partial charge in [-0.1, -0.05) is 36.4 Å². The van der Waals surface area contributed by atoms with Gasteiger partial charge < -0.3 is 15.5 Å². The topological polar surface area (TPSA) is 97.4 Å². The molecule has 8 nitrogen and oxygen atoms in total. The maximum Gasteiger partial charge on any atom is 0.253 e. The summed E-state index contributed by atoms with van der Waals surface area (Å²) in [7, 11) is 1.80. The number of rotatable bonds is 4. The first-order chi connectivity index (χ1) is 15.4. The molecule has 1 aliphatic carbocycles. The molecule has 2 heterocycles. The van der Waals surface area contributed by atoms with Crippen LogP contribution in [0, 0.1) is 0 Å². The minimum atomic E-state index is -0.644. The SMILES string of the molecule is Cn1ncc(-c2ccc(-c3ccc(C(=O)N4CCN(C(=O)C5(N)CC5)CC4)cc3)cc2)n1. The van der Waals surface area contributed by atoms with E-state index in [-0.39, 0.29) is 11.8 Å². The number of aryl methyl sites for hydroxylation is 1. The van der Waals surface area contributed by atoms with E-state index in [9.17, 15) is 9.59 Å². The van der Waals surface area contributed by atoms with Gasteiger partial charge in [-0.05, 0) is 36.1 Å². The molecule has 1 aliphatic heterocycles. The molecule has 5 rings (SSSR count). The van der Waals surface area contributed by atoms with Crippen LogP contribution in [0.2, 0.25) is 0 Å². The van der Waals surface area contributed by atoms with Gasteiger partial charge in [-0.3, -0.25) is 9.59 Å². The second kappa shape index (κ2) is 7.87. The molecule has 0 atom stereocenters. The maximum atomic E-state index is 12.9. The van der Waals surface area contributed by atoms with Gasteiger partial charge in [0.2, 0.25) is 5.91 Å². The van der Waals surface area contributed by atoms with Crippen LogP contribution in [0.1, 0.15) is 23.2 Å². The van der Waals surface area contributed by atoms with E-state index in [2.05, 4.69) is 10.2 Å². The number of nitrogens with two attached hydrogens (primary N) is 1. The monoisotopic (exact) mass is 430 g/mol. The molecule has 0 spiro atoms. The number of carbonyl (C=O) groups excluding carboxylic acids is 2. The van der Waals surface area contributed by atoms with E-state index in [0.717, 1.165) is 35.2 Å². The van der Waals surface area contributed by atoms with Crippen molar-refractivity contribution < 1.29 is 9.59 Å². The van der Waals surface area contributed by atoms with Crippen LogP contribution in [-0.4, -0.2) is 68.3 Å². The fourth-order valence-electron chi connectivity index (χ4n) is 4.08. The van der Waals surface area contributed by atoms with Crippen molar-refractivity contribution in [3.63, 3.8) is 0 Å². The Balaban J connectivity index is 1.22. The highest BCUT2D eigenvalue weighted by Gasteiger charge is 2.48. The number of aromatic nitrogens is 3. The molecular weight excluding hydrogens is 404 g/mol. The highest BCUT2D eigenvalue weighted by molar-refractivity contribution is 5.95. The summed E-state index contributed by atoms with van der Waals surface area (Å²) in [4.78, 5) is 30.5. The van der Waals surface area contributed by atoms with Crippen molar-refractivity contribution >= 4 is 11.8 Å². The van der Waals surface area contributed by atoms with Crippen LogP contribution in [0.3, 0.4) is 0 Å². The molecule has 1 aromatic heterocycles. The molecule has 32 heavy (non-hydrogen) atoms. The molecule has 2 fully saturated rings. The van der Waals surface area contributed by atoms with Crippen LogP contribution in [0.5, 0.6) is 0 Å². The highest BCUT2D eigenvalue weighted by Crippen LogP contribution is 2.34. The molecule has 8 heteroatoms. The third-order valence-electron chi connectivity index (χ3n) is 6.31. The fourth-order valence-corrected chi connectivity index (χ4v) is 4.08. The Kier molecular flexibility index (Phi) is 5.01. The Morgan fingerprint density at radius 3 is 1.91 bits per heavy atom. The molecule has 1 saturated heterocycles. The molecule has 0 radical (unpaired) electrons. The first-order valence-corrected chi connectivity index (χ1v) is 10.9. The molecule has 2 N–H and O–H groups in total. The van der Waals surface area contributed by atoms with E-state index in [1.165, 1.54) is 0 Å². The molecule has 2 aromatic carbocycles. The zero-order valence-corrected chi connectivity index (χ0v) is 18.1. The van der Waals surface area contributed by atoms with Gasteiger partial charge in [-0.2, -0.15) is 15.0 Å². The summed E-state index contributed by atoms with van der Waals surface area (Å²) in [5.41, 5.74) is 9.99. The van der Waals surface area contributed by atoms with E-state index < -0.39 is 5.54 Å². The van der Waals surface area contributed by atoms with Crippen LogP contribution >= 0.6 is 0 Å². The van der Waals surface area contributed by atoms with Crippen LogP contribution in [0.15, 0.2) is 54.7 Å². The highest BCUT2D eigenvalue weighted by atomic mass is 16.2. The Bertz CT molecular complexity index is 1140. The first-order valence-electron chi connectivity index (χ1n) is 10.9. The molecular formula is C24H26N6O2. The average molecular weight is 431 g/mol. The quantitative estimate of drug-likeness (QED) is 0.682. The van der Waals surface area contributed by atoms with Crippen LogP contribution in [0.4, 0.5) is 0 Å². The molecule has 0 unspecified atom stereocenters. The number of hydrogen-bond acceptors (Lipinski definition) is 5. The van der Waals surface area contributed by atoms with Gasteiger partial charge >= 0.3 is 0 Å². The summed E-state index contributed by atoms with van der Waals surface area (Å²) in [5.74, 6) is 0.0230. The Labute approximate surface area is 186 Å². The predicted molar refractivity (Wildman–Crippen MR) is 121 cm³/mol. The summed E-state index contributed by atoms with van der Waals surface area (Å²) in [6, 6.07) is 15.8. The first kappa shape index (κ1) is 20.4. The minimum absolute atomic E-state index is 0.00414. The molecule has 3 aromatic rings. The standard InChI is InChI=1S/C24H26N6O2/c1-28-26-16-21(27-28)19-6-2-17(3-7-19)18-4-8-20(9-5-18)22(31)29-12-14-30(15-13-29)23(32)24(25)10-11-24/h2-9,16H,10-15,25H2,1H3. The second-order valence-electron chi connectivity index (χ2n) is 8.61. The summed E-state index contributed by atoms with van der Waals surface area (Å²) in [5, 5.41) is 8.43. The van der Waals surface area contributed by atoms with E-state index in [1.54, 1.807) is 22.9 Å². The number of carbonyl (C=O) groups is 2. The summed E-state index contributed by atoms with van der Waals surface area (Å²) >= 11 is 0. The Hall–Kier alpha value is -3.52. The van der Waals surface area contributed by atoms with E-state index in [4.69, 9.17) is 5.73 Å². The van der Waals surface area contributed by atoms with Crippen molar-refractivity contribution in [2.75, 3.05) is 26.2 Å². The predicted octanol–water partition coefficient (Wildman–Crippen LogP) is 1.92. The zero-order valence-electron chi connectivity index (χ0n) is 18.1. The molecule has 0 bridgehead atoms. The van der Waals surface area contributed by atoms with Gasteiger partial charge in [-0.15, -0.1) is 0 Å². The molecule has 2 amide bonds. The maximum absolute atomic E-state index is 12.9. The third-order valence-corrected chi connectivity index (χ3v) is 6.31. The average Bonchev–Trinajstić information content (AvgIpc) is 3.44. The van der Waals surface area contributed by atoms with Gasteiger partial charge in [0.25, 0.3) is 5.91 Å². The lowest BCUT2D eigenvalue weighted by Crippen LogP contribution is -2.55. The smallest absolute Gasteiger partial charge is 0.253 e.